The molecule has 0 saturated heterocycles. The third-order valence-corrected chi connectivity index (χ3v) is 5.10. The number of halogens is 2. The molecule has 1 aromatic heterocycles. The van der Waals surface area contributed by atoms with Crippen LogP contribution < -0.4 is 10.1 Å². The van der Waals surface area contributed by atoms with Gasteiger partial charge < -0.3 is 10.1 Å². The van der Waals surface area contributed by atoms with Crippen LogP contribution in [-0.4, -0.2) is 23.8 Å². The van der Waals surface area contributed by atoms with Crippen LogP contribution in [0.3, 0.4) is 0 Å². The van der Waals surface area contributed by atoms with Crippen LogP contribution in [0.5, 0.6) is 5.75 Å². The van der Waals surface area contributed by atoms with E-state index >= 15 is 0 Å². The van der Waals surface area contributed by atoms with Crippen LogP contribution in [0, 0.1) is 6.92 Å². The number of aryl methyl sites for hydroxylation is 1. The van der Waals surface area contributed by atoms with Gasteiger partial charge in [0.15, 0.2) is 12.4 Å². The fourth-order valence-corrected chi connectivity index (χ4v) is 3.62. The number of hydrogen-bond acceptors (Lipinski definition) is 4. The lowest BCUT2D eigenvalue weighted by atomic mass is 10.2. The number of nitrogens with zero attached hydrogens (tertiary/aromatic N) is 1. The average molecular weight is 407 g/mol. The highest BCUT2D eigenvalue weighted by Crippen LogP contribution is 2.37. The highest BCUT2D eigenvalue weighted by molar-refractivity contribution is 7.98. The van der Waals surface area contributed by atoms with E-state index in [0.717, 1.165) is 21.7 Å². The zero-order valence-corrected chi connectivity index (χ0v) is 16.5. The van der Waals surface area contributed by atoms with Gasteiger partial charge in [-0.15, -0.1) is 11.8 Å². The maximum absolute atomic E-state index is 12.3. The molecule has 2 aromatic carbocycles. The predicted octanol–water partition coefficient (Wildman–Crippen LogP) is 5.59. The number of ether oxygens (including phenoxy) is 1. The van der Waals surface area contributed by atoms with Crippen molar-refractivity contribution in [1.82, 2.24) is 4.98 Å². The van der Waals surface area contributed by atoms with Gasteiger partial charge in [0, 0.05) is 16.0 Å². The number of amides is 1. The van der Waals surface area contributed by atoms with E-state index in [1.54, 1.807) is 17.8 Å². The topological polar surface area (TPSA) is 51.2 Å². The van der Waals surface area contributed by atoms with Crippen LogP contribution in [0.15, 0.2) is 47.4 Å². The minimum Gasteiger partial charge on any atom is -0.480 e. The molecule has 134 valence electrons. The van der Waals surface area contributed by atoms with Crippen molar-refractivity contribution in [3.63, 3.8) is 0 Å². The van der Waals surface area contributed by atoms with Gasteiger partial charge in [0.1, 0.15) is 5.52 Å². The molecule has 1 amide bonds. The van der Waals surface area contributed by atoms with Gasteiger partial charge in [0.25, 0.3) is 5.91 Å². The van der Waals surface area contributed by atoms with Gasteiger partial charge in [-0.2, -0.15) is 0 Å². The second-order valence-corrected chi connectivity index (χ2v) is 7.22. The number of thioether (sulfide) groups is 1. The molecular weight excluding hydrogens is 391 g/mol. The van der Waals surface area contributed by atoms with E-state index in [4.69, 9.17) is 27.9 Å². The molecule has 3 aromatic rings. The van der Waals surface area contributed by atoms with Crippen LogP contribution in [0.1, 0.15) is 5.69 Å². The third-order valence-electron chi connectivity index (χ3n) is 3.71. The van der Waals surface area contributed by atoms with Crippen molar-refractivity contribution >= 4 is 57.5 Å². The Morgan fingerprint density at radius 3 is 2.73 bits per heavy atom. The lowest BCUT2D eigenvalue weighted by molar-refractivity contribution is -0.118. The van der Waals surface area contributed by atoms with Crippen molar-refractivity contribution in [1.29, 1.82) is 0 Å². The van der Waals surface area contributed by atoms with E-state index < -0.39 is 0 Å². The fraction of sp³-hybridized carbons (Fsp3) is 0.158. The quantitative estimate of drug-likeness (QED) is 0.561. The summed E-state index contributed by atoms with van der Waals surface area (Å²) in [6.45, 7) is 1.68. The molecule has 7 heteroatoms. The molecule has 0 spiro atoms. The van der Waals surface area contributed by atoms with Crippen LogP contribution in [-0.2, 0) is 4.79 Å². The number of pyridine rings is 1. The molecule has 0 radical (unpaired) electrons. The van der Waals surface area contributed by atoms with E-state index in [-0.39, 0.29) is 12.5 Å². The molecule has 0 atom stereocenters. The molecule has 0 bridgehead atoms. The summed E-state index contributed by atoms with van der Waals surface area (Å²) in [4.78, 5) is 17.7. The Labute approximate surface area is 165 Å². The molecule has 1 N–H and O–H groups in total. The van der Waals surface area contributed by atoms with Crippen molar-refractivity contribution < 1.29 is 9.53 Å². The highest BCUT2D eigenvalue weighted by Gasteiger charge is 2.15. The van der Waals surface area contributed by atoms with Crippen LogP contribution >= 0.6 is 35.0 Å². The zero-order valence-electron chi connectivity index (χ0n) is 14.2. The highest BCUT2D eigenvalue weighted by atomic mass is 35.5. The summed E-state index contributed by atoms with van der Waals surface area (Å²) in [5.41, 5.74) is 2.09. The standard InChI is InChI=1S/C19H16Cl2N2O2S/c1-11-7-8-12-13(20)9-14(21)19(18(12)22-11)25-10-17(24)23-15-5-3-4-6-16(15)26-2/h3-9H,10H2,1-2H3,(H,23,24). The largest absolute Gasteiger partial charge is 0.480 e. The van der Waals surface area contributed by atoms with Gasteiger partial charge in [-0.3, -0.25) is 4.79 Å². The van der Waals surface area contributed by atoms with Crippen molar-refractivity contribution in [3.8, 4) is 5.75 Å². The SMILES string of the molecule is CSc1ccccc1NC(=O)COc1c(Cl)cc(Cl)c2ccc(C)nc12. The maximum Gasteiger partial charge on any atom is 0.262 e. The minimum absolute atomic E-state index is 0.186. The number of nitrogens with one attached hydrogen (secondary N) is 1. The molecule has 0 saturated carbocycles. The first kappa shape index (κ1) is 18.8. The first-order valence-electron chi connectivity index (χ1n) is 7.80. The molecule has 1 heterocycles. The monoisotopic (exact) mass is 406 g/mol. The molecule has 0 aliphatic carbocycles. The van der Waals surface area contributed by atoms with Crippen LogP contribution in [0.25, 0.3) is 10.9 Å². The number of hydrogen-bond donors (Lipinski definition) is 1. The van der Waals surface area contributed by atoms with Crippen molar-refractivity contribution in [3.05, 3.63) is 58.2 Å². The second-order valence-electron chi connectivity index (χ2n) is 5.56. The summed E-state index contributed by atoms with van der Waals surface area (Å²) < 4.78 is 5.70. The number of anilines is 1. The van der Waals surface area contributed by atoms with Gasteiger partial charge in [0.05, 0.1) is 15.7 Å². The Balaban J connectivity index is 1.81. The Kier molecular flexibility index (Phi) is 5.91. The van der Waals surface area contributed by atoms with Crippen molar-refractivity contribution in [2.75, 3.05) is 18.2 Å². The van der Waals surface area contributed by atoms with Gasteiger partial charge >= 0.3 is 0 Å². The van der Waals surface area contributed by atoms with Gasteiger partial charge in [-0.1, -0.05) is 35.3 Å². The van der Waals surface area contributed by atoms with E-state index in [2.05, 4.69) is 10.3 Å². The Morgan fingerprint density at radius 1 is 1.19 bits per heavy atom. The van der Waals surface area contributed by atoms with E-state index in [9.17, 15) is 4.79 Å². The summed E-state index contributed by atoms with van der Waals surface area (Å²) >= 11 is 14.1. The second kappa shape index (κ2) is 8.16. The number of para-hydroxylation sites is 1. The predicted molar refractivity (Wildman–Crippen MR) is 109 cm³/mol. The molecule has 4 nitrogen and oxygen atoms in total. The lowest BCUT2D eigenvalue weighted by Crippen LogP contribution is -2.20. The summed E-state index contributed by atoms with van der Waals surface area (Å²) in [7, 11) is 0. The molecule has 0 aliphatic heterocycles. The molecule has 26 heavy (non-hydrogen) atoms. The molecule has 0 fully saturated rings. The number of carbonyl (C=O) groups excluding carboxylic acids is 1. The van der Waals surface area contributed by atoms with E-state index in [1.807, 2.05) is 49.6 Å². The Morgan fingerprint density at radius 2 is 1.96 bits per heavy atom. The molecule has 3 rings (SSSR count). The number of fused-ring (bicyclic) bond motifs is 1. The number of benzene rings is 2. The first-order valence-corrected chi connectivity index (χ1v) is 9.78. The van der Waals surface area contributed by atoms with E-state index in [1.165, 1.54) is 0 Å². The zero-order chi connectivity index (χ0) is 18.7. The third kappa shape index (κ3) is 4.06. The number of carbonyl (C=O) groups is 1. The lowest BCUT2D eigenvalue weighted by Gasteiger charge is -2.13. The maximum atomic E-state index is 12.3. The minimum atomic E-state index is -0.279. The van der Waals surface area contributed by atoms with Crippen LogP contribution in [0.2, 0.25) is 10.0 Å². The van der Waals surface area contributed by atoms with E-state index in [0.29, 0.717) is 21.3 Å². The molecule has 0 aliphatic rings. The molecular formula is C19H16Cl2N2O2S. The summed E-state index contributed by atoms with van der Waals surface area (Å²) in [5, 5.41) is 4.38. The summed E-state index contributed by atoms with van der Waals surface area (Å²) in [5.74, 6) is 0.0707. The van der Waals surface area contributed by atoms with Gasteiger partial charge in [-0.25, -0.2) is 4.98 Å². The Bertz CT molecular complexity index is 979. The average Bonchev–Trinajstić information content (AvgIpc) is 2.61. The Hall–Kier alpha value is -1.95. The van der Waals surface area contributed by atoms with Crippen molar-refractivity contribution in [2.45, 2.75) is 11.8 Å². The number of aromatic nitrogens is 1. The normalized spacial score (nSPS) is 10.8. The first-order chi connectivity index (χ1) is 12.5. The number of rotatable bonds is 5. The summed E-state index contributed by atoms with van der Waals surface area (Å²) in [6.07, 6.45) is 1.95. The summed E-state index contributed by atoms with van der Waals surface area (Å²) in [6, 6.07) is 12.9. The smallest absolute Gasteiger partial charge is 0.262 e. The van der Waals surface area contributed by atoms with Gasteiger partial charge in [0.2, 0.25) is 0 Å². The molecule has 0 unspecified atom stereocenters. The van der Waals surface area contributed by atoms with Crippen molar-refractivity contribution in [2.24, 2.45) is 0 Å². The van der Waals surface area contributed by atoms with Gasteiger partial charge in [-0.05, 0) is 43.5 Å². The fourth-order valence-electron chi connectivity index (χ4n) is 2.50. The van der Waals surface area contributed by atoms with Crippen LogP contribution in [0.4, 0.5) is 5.69 Å².